The summed E-state index contributed by atoms with van der Waals surface area (Å²) in [6.45, 7) is 9.58. The Morgan fingerprint density at radius 1 is 1.21 bits per heavy atom. The van der Waals surface area contributed by atoms with E-state index < -0.39 is 11.4 Å². The van der Waals surface area contributed by atoms with Gasteiger partial charge in [-0.2, -0.15) is 9.97 Å². The minimum Gasteiger partial charge on any atom is -0.463 e. The fourth-order valence-corrected chi connectivity index (χ4v) is 5.41. The number of carbonyl (C=O) groups excluding carboxylic acids is 1. The minimum atomic E-state index is -0.537. The second kappa shape index (κ2) is 8.50. The summed E-state index contributed by atoms with van der Waals surface area (Å²) < 4.78 is 27.1. The molecule has 2 aliphatic heterocycles. The Kier molecular flexibility index (Phi) is 5.89. The number of piperazine rings is 1. The van der Waals surface area contributed by atoms with Crippen molar-refractivity contribution >= 4 is 38.7 Å². The van der Waals surface area contributed by atoms with Gasteiger partial charge in [0.2, 0.25) is 0 Å². The molecule has 3 fully saturated rings. The molecule has 1 amide bonds. The van der Waals surface area contributed by atoms with E-state index in [9.17, 15) is 4.79 Å². The summed E-state index contributed by atoms with van der Waals surface area (Å²) >= 11 is 3.28. The number of anilines is 1. The zero-order valence-electron chi connectivity index (χ0n) is 20.2. The van der Waals surface area contributed by atoms with E-state index >= 15 is 4.39 Å². The summed E-state index contributed by atoms with van der Waals surface area (Å²) in [4.78, 5) is 26.1. The maximum Gasteiger partial charge on any atom is 0.410 e. The van der Waals surface area contributed by atoms with Crippen LogP contribution in [0.1, 0.15) is 59.8 Å². The lowest BCUT2D eigenvalue weighted by molar-refractivity contribution is 0.0123. The third kappa shape index (κ3) is 4.43. The van der Waals surface area contributed by atoms with Crippen molar-refractivity contribution in [2.24, 2.45) is 5.41 Å². The highest BCUT2D eigenvalue weighted by molar-refractivity contribution is 9.10. The van der Waals surface area contributed by atoms with Crippen LogP contribution < -0.4 is 9.64 Å². The fraction of sp³-hybridized carbons (Fsp3) is 0.640. The molecule has 2 atom stereocenters. The molecule has 2 unspecified atom stereocenters. The van der Waals surface area contributed by atoms with Gasteiger partial charge in [-0.1, -0.05) is 6.92 Å². The van der Waals surface area contributed by atoms with Crippen LogP contribution in [0.25, 0.3) is 10.9 Å². The van der Waals surface area contributed by atoms with Crippen LogP contribution >= 0.6 is 15.9 Å². The van der Waals surface area contributed by atoms with Crippen LogP contribution in [0.4, 0.5) is 15.0 Å². The van der Waals surface area contributed by atoms with Crippen LogP contribution in [-0.4, -0.2) is 58.3 Å². The van der Waals surface area contributed by atoms with Gasteiger partial charge in [-0.3, -0.25) is 4.90 Å². The highest BCUT2D eigenvalue weighted by Crippen LogP contribution is 2.48. The molecule has 1 aromatic heterocycles. The Bertz CT molecular complexity index is 1100. The number of ether oxygens (including phenoxy) is 2. The first-order valence-electron chi connectivity index (χ1n) is 12.1. The van der Waals surface area contributed by atoms with Crippen molar-refractivity contribution < 1.29 is 18.7 Å². The smallest absolute Gasteiger partial charge is 0.410 e. The summed E-state index contributed by atoms with van der Waals surface area (Å²) in [5.74, 6) is 0.242. The molecule has 5 rings (SSSR count). The second-order valence-corrected chi connectivity index (χ2v) is 11.8. The zero-order chi connectivity index (χ0) is 24.3. The predicted molar refractivity (Wildman–Crippen MR) is 132 cm³/mol. The first-order valence-corrected chi connectivity index (χ1v) is 12.9. The van der Waals surface area contributed by atoms with Crippen LogP contribution in [0, 0.1) is 11.2 Å². The van der Waals surface area contributed by atoms with Gasteiger partial charge >= 0.3 is 12.1 Å². The molecule has 9 heteroatoms. The van der Waals surface area contributed by atoms with Crippen LogP contribution in [0.2, 0.25) is 0 Å². The molecule has 7 nitrogen and oxygen atoms in total. The Balaban J connectivity index is 1.45. The highest BCUT2D eigenvalue weighted by atomic mass is 79.9. The second-order valence-electron chi connectivity index (χ2n) is 10.9. The Hall–Kier alpha value is -2.16. The lowest BCUT2D eigenvalue weighted by atomic mass is 10.1. The van der Waals surface area contributed by atoms with E-state index in [-0.39, 0.29) is 35.1 Å². The van der Waals surface area contributed by atoms with E-state index in [4.69, 9.17) is 14.5 Å². The van der Waals surface area contributed by atoms with E-state index in [1.807, 2.05) is 31.7 Å². The van der Waals surface area contributed by atoms with Crippen molar-refractivity contribution in [3.63, 3.8) is 0 Å². The third-order valence-electron chi connectivity index (χ3n) is 7.32. The predicted octanol–water partition coefficient (Wildman–Crippen LogP) is 5.69. The molecule has 3 heterocycles. The van der Waals surface area contributed by atoms with Gasteiger partial charge in [-0.25, -0.2) is 9.18 Å². The van der Waals surface area contributed by atoms with Crippen molar-refractivity contribution in [3.8, 4) is 6.01 Å². The number of carbonyl (C=O) groups is 1. The number of halogens is 2. The standard InChI is InChI=1S/C25H32BrFN4O3/c1-5-25(10-11-25)14-33-22-28-20-17(8-9-18(26)19(20)27)21(29-22)30-12-15-6-7-16(13-30)31(15)23(32)34-24(2,3)4/h8-9,15-16H,5-7,10-14H2,1-4H3. The zero-order valence-corrected chi connectivity index (χ0v) is 21.8. The van der Waals surface area contributed by atoms with Crippen LogP contribution in [0.15, 0.2) is 16.6 Å². The molecule has 1 aliphatic carbocycles. The first kappa shape index (κ1) is 23.6. The van der Waals surface area contributed by atoms with E-state index in [0.717, 1.165) is 32.1 Å². The Morgan fingerprint density at radius 2 is 1.88 bits per heavy atom. The Morgan fingerprint density at radius 3 is 2.47 bits per heavy atom. The van der Waals surface area contributed by atoms with Gasteiger partial charge in [0.1, 0.15) is 16.9 Å². The first-order chi connectivity index (χ1) is 16.1. The van der Waals surface area contributed by atoms with E-state index in [1.54, 1.807) is 6.07 Å². The van der Waals surface area contributed by atoms with Gasteiger partial charge in [0, 0.05) is 23.9 Å². The highest BCUT2D eigenvalue weighted by Gasteiger charge is 2.45. The molecule has 2 saturated heterocycles. The summed E-state index contributed by atoms with van der Waals surface area (Å²) in [5.41, 5.74) is -0.0880. The number of hydrogen-bond donors (Lipinski definition) is 0. The molecular formula is C25H32BrFN4O3. The minimum absolute atomic E-state index is 0.0260. The SMILES string of the molecule is CCC1(COc2nc(N3CC4CCC(C3)N4C(=O)OC(C)(C)C)c3ccc(Br)c(F)c3n2)CC1. The molecular weight excluding hydrogens is 503 g/mol. The molecule has 0 spiro atoms. The fourth-order valence-electron chi connectivity index (χ4n) is 5.09. The van der Waals surface area contributed by atoms with Crippen LogP contribution in [-0.2, 0) is 4.74 Å². The van der Waals surface area contributed by atoms with Gasteiger partial charge in [0.15, 0.2) is 5.82 Å². The number of benzene rings is 1. The monoisotopic (exact) mass is 534 g/mol. The number of hydrogen-bond acceptors (Lipinski definition) is 6. The molecule has 0 radical (unpaired) electrons. The van der Waals surface area contributed by atoms with Crippen LogP contribution in [0.3, 0.4) is 0 Å². The molecule has 2 bridgehead atoms. The number of rotatable bonds is 5. The maximum atomic E-state index is 15.1. The lowest BCUT2D eigenvalue weighted by Crippen LogP contribution is -2.57. The average molecular weight is 535 g/mol. The summed E-state index contributed by atoms with van der Waals surface area (Å²) in [5, 5.41) is 0.648. The van der Waals surface area contributed by atoms with Crippen molar-refractivity contribution in [1.82, 2.24) is 14.9 Å². The normalized spacial score (nSPS) is 23.4. The summed E-state index contributed by atoms with van der Waals surface area (Å²) in [6, 6.07) is 3.79. The van der Waals surface area contributed by atoms with Crippen LogP contribution in [0.5, 0.6) is 6.01 Å². The quantitative estimate of drug-likeness (QED) is 0.490. The molecule has 184 valence electrons. The van der Waals surface area contributed by atoms with Crippen molar-refractivity contribution in [3.05, 3.63) is 22.4 Å². The number of fused-ring (bicyclic) bond motifs is 3. The lowest BCUT2D eigenvalue weighted by Gasteiger charge is -2.42. The summed E-state index contributed by atoms with van der Waals surface area (Å²) in [7, 11) is 0. The van der Waals surface area contributed by atoms with Crippen molar-refractivity contribution in [1.29, 1.82) is 0 Å². The molecule has 3 aliphatic rings. The van der Waals surface area contributed by atoms with Crippen molar-refractivity contribution in [2.75, 3.05) is 24.6 Å². The number of aromatic nitrogens is 2. The largest absolute Gasteiger partial charge is 0.463 e. The molecule has 0 N–H and O–H groups in total. The molecule has 1 aromatic carbocycles. The van der Waals surface area contributed by atoms with Crippen molar-refractivity contribution in [2.45, 2.75) is 77.5 Å². The summed E-state index contributed by atoms with van der Waals surface area (Å²) in [6.07, 6.45) is 4.88. The van der Waals surface area contributed by atoms with Gasteiger partial charge in [0.25, 0.3) is 0 Å². The molecule has 1 saturated carbocycles. The third-order valence-corrected chi connectivity index (χ3v) is 7.93. The topological polar surface area (TPSA) is 67.8 Å². The average Bonchev–Trinajstić information content (AvgIpc) is 3.51. The molecule has 34 heavy (non-hydrogen) atoms. The van der Waals surface area contributed by atoms with Gasteiger partial charge < -0.3 is 14.4 Å². The molecule has 2 aromatic rings. The maximum absolute atomic E-state index is 15.1. The van der Waals surface area contributed by atoms with E-state index in [0.29, 0.717) is 35.4 Å². The Labute approximate surface area is 208 Å². The van der Waals surface area contributed by atoms with Gasteiger partial charge in [-0.15, -0.1) is 0 Å². The van der Waals surface area contributed by atoms with E-state index in [1.165, 1.54) is 0 Å². The van der Waals surface area contributed by atoms with Gasteiger partial charge in [-0.05, 0) is 80.9 Å². The van der Waals surface area contributed by atoms with Gasteiger partial charge in [0.05, 0.1) is 23.2 Å². The number of amides is 1. The number of nitrogens with zero attached hydrogens (tertiary/aromatic N) is 4. The van der Waals surface area contributed by atoms with E-state index in [2.05, 4.69) is 32.7 Å².